The Bertz CT molecular complexity index is 428. The van der Waals surface area contributed by atoms with Crippen molar-refractivity contribution >= 4 is 12.4 Å². The van der Waals surface area contributed by atoms with Crippen LogP contribution in [0.2, 0.25) is 0 Å². The molecule has 20 heavy (non-hydrogen) atoms. The van der Waals surface area contributed by atoms with Crippen molar-refractivity contribution in [2.75, 3.05) is 19.8 Å². The number of alkyl halides is 4. The van der Waals surface area contributed by atoms with Gasteiger partial charge in [-0.3, -0.25) is 0 Å². The van der Waals surface area contributed by atoms with Gasteiger partial charge in [-0.2, -0.15) is 17.6 Å². The Hall–Kier alpha value is -1.05. The van der Waals surface area contributed by atoms with E-state index in [2.05, 4.69) is 10.1 Å². The Kier molecular flexibility index (Phi) is 6.04. The average Bonchev–Trinajstić information content (AvgIpc) is 2.40. The third kappa shape index (κ3) is 3.97. The third-order valence-electron chi connectivity index (χ3n) is 2.72. The van der Waals surface area contributed by atoms with Crippen molar-refractivity contribution in [3.05, 3.63) is 29.8 Å². The second-order valence-electron chi connectivity index (χ2n) is 4.08. The van der Waals surface area contributed by atoms with E-state index in [-0.39, 0.29) is 30.8 Å². The number of hydrogen-bond acceptors (Lipinski definition) is 3. The van der Waals surface area contributed by atoms with E-state index in [1.54, 1.807) is 12.1 Å². The lowest BCUT2D eigenvalue weighted by Crippen LogP contribution is -2.37. The second-order valence-corrected chi connectivity index (χ2v) is 4.08. The molecule has 114 valence electrons. The maximum atomic E-state index is 13.0. The van der Waals surface area contributed by atoms with Gasteiger partial charge in [0.2, 0.25) is 0 Å². The van der Waals surface area contributed by atoms with Crippen LogP contribution in [0.25, 0.3) is 0 Å². The molecule has 1 atom stereocenters. The Morgan fingerprint density at radius 3 is 2.60 bits per heavy atom. The minimum absolute atomic E-state index is 0. The van der Waals surface area contributed by atoms with Crippen LogP contribution in [0.4, 0.5) is 17.6 Å². The van der Waals surface area contributed by atoms with Crippen LogP contribution in [-0.2, 0) is 4.74 Å². The summed E-state index contributed by atoms with van der Waals surface area (Å²) in [6.07, 6.45) is -8.39. The summed E-state index contributed by atoms with van der Waals surface area (Å²) >= 11 is 0. The Labute approximate surface area is 119 Å². The Morgan fingerprint density at radius 2 is 2.00 bits per heavy atom. The monoisotopic (exact) mass is 315 g/mol. The first-order valence-corrected chi connectivity index (χ1v) is 5.76. The van der Waals surface area contributed by atoms with Crippen LogP contribution in [0.1, 0.15) is 11.6 Å². The van der Waals surface area contributed by atoms with E-state index >= 15 is 0 Å². The molecule has 0 bridgehead atoms. The summed E-state index contributed by atoms with van der Waals surface area (Å²) in [5, 5.41) is 3.05. The predicted molar refractivity (Wildman–Crippen MR) is 66.8 cm³/mol. The molecule has 8 heteroatoms. The topological polar surface area (TPSA) is 30.5 Å². The quantitative estimate of drug-likeness (QED) is 0.867. The molecule has 1 N–H and O–H groups in total. The summed E-state index contributed by atoms with van der Waals surface area (Å²) < 4.78 is 59.6. The lowest BCUT2D eigenvalue weighted by molar-refractivity contribution is -0.253. The molecule has 2 rings (SSSR count). The number of rotatable bonds is 4. The van der Waals surface area contributed by atoms with Gasteiger partial charge in [0.05, 0.1) is 19.3 Å². The summed E-state index contributed by atoms with van der Waals surface area (Å²) in [6.45, 7) is 1.36. The minimum atomic E-state index is -4.51. The van der Waals surface area contributed by atoms with Crippen molar-refractivity contribution in [3.8, 4) is 5.75 Å². The number of para-hydroxylation sites is 1. The Balaban J connectivity index is 0.00000200. The molecule has 0 radical (unpaired) electrons. The van der Waals surface area contributed by atoms with E-state index in [0.29, 0.717) is 18.7 Å². The van der Waals surface area contributed by atoms with Gasteiger partial charge < -0.3 is 14.8 Å². The second kappa shape index (κ2) is 7.10. The molecular formula is C12H14ClF4NO2. The molecular weight excluding hydrogens is 302 g/mol. The first-order chi connectivity index (χ1) is 9.00. The molecule has 1 saturated heterocycles. The smallest absolute Gasteiger partial charge is 0.428 e. The summed E-state index contributed by atoms with van der Waals surface area (Å²) in [7, 11) is 0. The molecule has 1 heterocycles. The van der Waals surface area contributed by atoms with E-state index < -0.39 is 12.5 Å². The van der Waals surface area contributed by atoms with Crippen molar-refractivity contribution in [3.63, 3.8) is 0 Å². The number of nitrogens with one attached hydrogen (secondary N) is 1. The van der Waals surface area contributed by atoms with E-state index in [1.807, 2.05) is 0 Å². The van der Waals surface area contributed by atoms with Gasteiger partial charge >= 0.3 is 12.5 Å². The fraction of sp³-hybridized carbons (Fsp3) is 0.500. The van der Waals surface area contributed by atoms with Gasteiger partial charge in [0, 0.05) is 12.1 Å². The summed E-state index contributed by atoms with van der Waals surface area (Å²) in [6, 6.07) is 5.51. The highest BCUT2D eigenvalue weighted by Gasteiger charge is 2.44. The summed E-state index contributed by atoms with van der Waals surface area (Å²) in [4.78, 5) is 0. The van der Waals surface area contributed by atoms with Gasteiger partial charge in [0.25, 0.3) is 0 Å². The van der Waals surface area contributed by atoms with Gasteiger partial charge in [-0.05, 0) is 6.07 Å². The zero-order chi connectivity index (χ0) is 13.9. The highest BCUT2D eigenvalue weighted by molar-refractivity contribution is 5.85. The molecule has 1 fully saturated rings. The van der Waals surface area contributed by atoms with Crippen LogP contribution in [0.5, 0.6) is 5.75 Å². The van der Waals surface area contributed by atoms with Crippen molar-refractivity contribution in [2.24, 2.45) is 0 Å². The van der Waals surface area contributed by atoms with Crippen molar-refractivity contribution in [1.29, 1.82) is 0 Å². The van der Waals surface area contributed by atoms with Gasteiger partial charge in [0.15, 0.2) is 0 Å². The lowest BCUT2D eigenvalue weighted by atomic mass is 10.1. The number of hydrogen-bond donors (Lipinski definition) is 1. The first kappa shape index (κ1) is 17.0. The van der Waals surface area contributed by atoms with E-state index in [9.17, 15) is 17.6 Å². The standard InChI is InChI=1S/C12H13F4NO2.ClH/c13-11(14)12(15,16)19-10-4-2-1-3-8(10)9-7-18-6-5-17-9;/h1-4,9,11,17H,5-7H2;1H/t9-;/m0./s1. The molecule has 1 aliphatic rings. The molecule has 1 aromatic rings. The van der Waals surface area contributed by atoms with Crippen molar-refractivity contribution in [1.82, 2.24) is 5.32 Å². The van der Waals surface area contributed by atoms with Crippen molar-refractivity contribution in [2.45, 2.75) is 18.6 Å². The average molecular weight is 316 g/mol. The van der Waals surface area contributed by atoms with Crippen LogP contribution < -0.4 is 10.1 Å². The van der Waals surface area contributed by atoms with Crippen LogP contribution in [-0.4, -0.2) is 32.3 Å². The van der Waals surface area contributed by atoms with Gasteiger partial charge in [-0.25, -0.2) is 0 Å². The maximum Gasteiger partial charge on any atom is 0.461 e. The Morgan fingerprint density at radius 1 is 1.30 bits per heavy atom. The SMILES string of the molecule is Cl.FC(F)C(F)(F)Oc1ccccc1[C@@H]1COCCN1. The zero-order valence-electron chi connectivity index (χ0n) is 10.3. The maximum absolute atomic E-state index is 13.0. The molecule has 0 spiro atoms. The molecule has 3 nitrogen and oxygen atoms in total. The van der Waals surface area contributed by atoms with Crippen LogP contribution in [0, 0.1) is 0 Å². The highest BCUT2D eigenvalue weighted by Crippen LogP contribution is 2.33. The van der Waals surface area contributed by atoms with E-state index in [0.717, 1.165) is 0 Å². The van der Waals surface area contributed by atoms with Gasteiger partial charge in [0.1, 0.15) is 5.75 Å². The normalized spacial score (nSPS) is 19.6. The van der Waals surface area contributed by atoms with Crippen molar-refractivity contribution < 1.29 is 27.0 Å². The molecule has 1 aromatic carbocycles. The summed E-state index contributed by atoms with van der Waals surface area (Å²) in [5.74, 6) is -0.268. The molecule has 0 unspecified atom stereocenters. The fourth-order valence-corrected chi connectivity index (χ4v) is 1.82. The molecule has 0 aliphatic carbocycles. The van der Waals surface area contributed by atoms with Gasteiger partial charge in [-0.1, -0.05) is 18.2 Å². The molecule has 0 saturated carbocycles. The van der Waals surface area contributed by atoms with Crippen LogP contribution in [0.15, 0.2) is 24.3 Å². The number of halogens is 5. The predicted octanol–water partition coefficient (Wildman–Crippen LogP) is 3.01. The van der Waals surface area contributed by atoms with E-state index in [4.69, 9.17) is 4.74 Å². The number of morpholine rings is 1. The molecule has 0 amide bonds. The first-order valence-electron chi connectivity index (χ1n) is 5.76. The minimum Gasteiger partial charge on any atom is -0.428 e. The van der Waals surface area contributed by atoms with E-state index in [1.165, 1.54) is 12.1 Å². The summed E-state index contributed by atoms with van der Waals surface area (Å²) in [5.41, 5.74) is 0.377. The highest BCUT2D eigenvalue weighted by atomic mass is 35.5. The molecule has 0 aromatic heterocycles. The third-order valence-corrected chi connectivity index (χ3v) is 2.72. The zero-order valence-corrected chi connectivity index (χ0v) is 11.1. The van der Waals surface area contributed by atoms with Crippen LogP contribution >= 0.6 is 12.4 Å². The molecule has 1 aliphatic heterocycles. The number of ether oxygens (including phenoxy) is 2. The number of benzene rings is 1. The van der Waals surface area contributed by atoms with Gasteiger partial charge in [-0.15, -0.1) is 12.4 Å². The van der Waals surface area contributed by atoms with Crippen LogP contribution in [0.3, 0.4) is 0 Å². The lowest BCUT2D eigenvalue weighted by Gasteiger charge is -2.27. The largest absolute Gasteiger partial charge is 0.461 e. The fourth-order valence-electron chi connectivity index (χ4n) is 1.82.